The molecule has 0 atom stereocenters. The third-order valence-corrected chi connectivity index (χ3v) is 7.78. The van der Waals surface area contributed by atoms with Gasteiger partial charge in [0.05, 0.1) is 24.7 Å². The zero-order valence-electron chi connectivity index (χ0n) is 20.8. The third kappa shape index (κ3) is 6.60. The number of rotatable bonds is 8. The maximum absolute atomic E-state index is 13.6. The van der Waals surface area contributed by atoms with Gasteiger partial charge in [0.1, 0.15) is 0 Å². The monoisotopic (exact) mass is 500 g/mol. The summed E-state index contributed by atoms with van der Waals surface area (Å²) in [5.74, 6) is 0.579. The molecule has 0 spiro atoms. The summed E-state index contributed by atoms with van der Waals surface area (Å²) in [6, 6.07) is 6.00. The molecule has 0 radical (unpaired) electrons. The van der Waals surface area contributed by atoms with Crippen molar-refractivity contribution in [1.82, 2.24) is 4.90 Å². The lowest BCUT2D eigenvalue weighted by atomic mass is 9.94. The number of nitrogens with zero attached hydrogens (tertiary/aromatic N) is 2. The highest BCUT2D eigenvalue weighted by Crippen LogP contribution is 2.39. The first-order valence-electron chi connectivity index (χ1n) is 12.9. The van der Waals surface area contributed by atoms with Crippen molar-refractivity contribution in [3.05, 3.63) is 28.7 Å². The average molecular weight is 501 g/mol. The van der Waals surface area contributed by atoms with E-state index in [0.717, 1.165) is 36.4 Å². The molecule has 3 fully saturated rings. The average Bonchev–Trinajstić information content (AvgIpc) is 3.18. The minimum absolute atomic E-state index is 0.0538. The van der Waals surface area contributed by atoms with Crippen LogP contribution in [0.2, 0.25) is 0 Å². The standard InChI is InChI=1S/C27H36N2O5S/c1-3-33-25(30)18-34-22-15-14-19(16-23(22)32-2)17-24-26(31)29(21-12-8-5-9-13-21)27(35-24)28-20-10-6-4-7-11-20/h14-17,20-21H,3-13,18H2,1-2H3. The number of aliphatic imine (C=N–C) groups is 1. The zero-order valence-corrected chi connectivity index (χ0v) is 21.6. The summed E-state index contributed by atoms with van der Waals surface area (Å²) in [4.78, 5) is 33.0. The van der Waals surface area contributed by atoms with Gasteiger partial charge >= 0.3 is 5.97 Å². The van der Waals surface area contributed by atoms with Crippen molar-refractivity contribution in [2.45, 2.75) is 83.2 Å². The van der Waals surface area contributed by atoms with Crippen LogP contribution in [0, 0.1) is 0 Å². The second-order valence-corrected chi connectivity index (χ2v) is 10.3. The lowest BCUT2D eigenvalue weighted by Crippen LogP contribution is -2.41. The number of amides is 1. The second kappa shape index (κ2) is 12.5. The molecule has 2 saturated carbocycles. The van der Waals surface area contributed by atoms with E-state index in [2.05, 4.69) is 0 Å². The van der Waals surface area contributed by atoms with Gasteiger partial charge < -0.3 is 14.2 Å². The molecule has 4 rings (SSSR count). The van der Waals surface area contributed by atoms with Gasteiger partial charge in [-0.2, -0.15) is 0 Å². The number of thioether (sulfide) groups is 1. The van der Waals surface area contributed by atoms with Crippen molar-refractivity contribution in [3.8, 4) is 11.5 Å². The van der Waals surface area contributed by atoms with E-state index in [-0.39, 0.29) is 18.6 Å². The van der Waals surface area contributed by atoms with Gasteiger partial charge in [0, 0.05) is 6.04 Å². The van der Waals surface area contributed by atoms with Crippen molar-refractivity contribution in [2.75, 3.05) is 20.3 Å². The number of benzene rings is 1. The summed E-state index contributed by atoms with van der Waals surface area (Å²) < 4.78 is 16.0. The Morgan fingerprint density at radius 1 is 1.09 bits per heavy atom. The first-order chi connectivity index (χ1) is 17.1. The van der Waals surface area contributed by atoms with E-state index in [0.29, 0.717) is 29.1 Å². The van der Waals surface area contributed by atoms with Gasteiger partial charge in [-0.1, -0.05) is 44.6 Å². The summed E-state index contributed by atoms with van der Waals surface area (Å²) in [5, 5.41) is 0.876. The summed E-state index contributed by atoms with van der Waals surface area (Å²) in [5.41, 5.74) is 0.837. The van der Waals surface area contributed by atoms with E-state index in [1.54, 1.807) is 20.1 Å². The lowest BCUT2D eigenvalue weighted by molar-refractivity contribution is -0.145. The Bertz CT molecular complexity index is 964. The SMILES string of the molecule is CCOC(=O)COc1ccc(C=C2SC(=NC3CCCCC3)N(C3CCCCC3)C2=O)cc1OC. The van der Waals surface area contributed by atoms with E-state index < -0.39 is 5.97 Å². The normalized spacial score (nSPS) is 22.1. The molecule has 1 saturated heterocycles. The predicted molar refractivity (Wildman–Crippen MR) is 139 cm³/mol. The number of carbonyl (C=O) groups excluding carboxylic acids is 2. The van der Waals surface area contributed by atoms with Gasteiger partial charge in [0.25, 0.3) is 5.91 Å². The Hall–Kier alpha value is -2.48. The van der Waals surface area contributed by atoms with Gasteiger partial charge in [0.15, 0.2) is 23.3 Å². The molecule has 0 unspecified atom stereocenters. The Balaban J connectivity index is 1.55. The summed E-state index contributed by atoms with van der Waals surface area (Å²) >= 11 is 1.50. The second-order valence-electron chi connectivity index (χ2n) is 9.29. The molecule has 0 aromatic heterocycles. The molecule has 1 heterocycles. The van der Waals surface area contributed by atoms with Crippen molar-refractivity contribution in [2.24, 2.45) is 4.99 Å². The number of ether oxygens (including phenoxy) is 3. The van der Waals surface area contributed by atoms with Gasteiger partial charge in [-0.3, -0.25) is 14.7 Å². The molecule has 1 aromatic carbocycles. The van der Waals surface area contributed by atoms with Crippen LogP contribution in [-0.2, 0) is 14.3 Å². The van der Waals surface area contributed by atoms with Crippen molar-refractivity contribution in [1.29, 1.82) is 0 Å². The van der Waals surface area contributed by atoms with Gasteiger partial charge in [0.2, 0.25) is 0 Å². The maximum Gasteiger partial charge on any atom is 0.344 e. The van der Waals surface area contributed by atoms with Crippen LogP contribution in [-0.4, -0.2) is 54.4 Å². The molecular weight excluding hydrogens is 464 g/mol. The van der Waals surface area contributed by atoms with E-state index >= 15 is 0 Å². The van der Waals surface area contributed by atoms with Gasteiger partial charge in [-0.05, 0) is 68.1 Å². The van der Waals surface area contributed by atoms with E-state index in [4.69, 9.17) is 19.2 Å². The third-order valence-electron chi connectivity index (χ3n) is 6.78. The number of esters is 1. The fourth-order valence-corrected chi connectivity index (χ4v) is 6.10. The number of carbonyl (C=O) groups is 2. The molecule has 0 bridgehead atoms. The number of hydrogen-bond donors (Lipinski definition) is 0. The Morgan fingerprint density at radius 2 is 1.80 bits per heavy atom. The Morgan fingerprint density at radius 3 is 2.49 bits per heavy atom. The van der Waals surface area contributed by atoms with Crippen molar-refractivity contribution < 1.29 is 23.8 Å². The Kier molecular flexibility index (Phi) is 9.12. The van der Waals surface area contributed by atoms with Crippen molar-refractivity contribution in [3.63, 3.8) is 0 Å². The fraction of sp³-hybridized carbons (Fsp3) is 0.593. The van der Waals surface area contributed by atoms with Crippen LogP contribution in [0.25, 0.3) is 6.08 Å². The molecule has 1 amide bonds. The summed E-state index contributed by atoms with van der Waals surface area (Å²) in [7, 11) is 1.55. The highest BCUT2D eigenvalue weighted by Gasteiger charge is 2.39. The molecular formula is C27H36N2O5S. The molecule has 190 valence electrons. The molecule has 1 aromatic rings. The highest BCUT2D eigenvalue weighted by molar-refractivity contribution is 8.18. The molecule has 8 heteroatoms. The molecule has 0 N–H and O–H groups in total. The Labute approximate surface area is 212 Å². The fourth-order valence-electron chi connectivity index (χ4n) is 4.99. The van der Waals surface area contributed by atoms with Crippen LogP contribution in [0.5, 0.6) is 11.5 Å². The van der Waals surface area contributed by atoms with Crippen LogP contribution >= 0.6 is 11.8 Å². The number of methoxy groups -OCH3 is 1. The minimum Gasteiger partial charge on any atom is -0.493 e. The van der Waals surface area contributed by atoms with Crippen LogP contribution < -0.4 is 9.47 Å². The smallest absolute Gasteiger partial charge is 0.344 e. The first-order valence-corrected chi connectivity index (χ1v) is 13.7. The topological polar surface area (TPSA) is 77.4 Å². The van der Waals surface area contributed by atoms with Crippen molar-refractivity contribution >= 4 is 34.9 Å². The maximum atomic E-state index is 13.6. The predicted octanol–water partition coefficient (Wildman–Crippen LogP) is 5.57. The zero-order chi connectivity index (χ0) is 24.6. The van der Waals surface area contributed by atoms with Crippen LogP contribution in [0.15, 0.2) is 28.1 Å². The quantitative estimate of drug-likeness (QED) is 0.343. The van der Waals surface area contributed by atoms with Crippen LogP contribution in [0.1, 0.15) is 76.7 Å². The van der Waals surface area contributed by atoms with Crippen LogP contribution in [0.3, 0.4) is 0 Å². The lowest BCUT2D eigenvalue weighted by Gasteiger charge is -2.31. The van der Waals surface area contributed by atoms with Gasteiger partial charge in [-0.25, -0.2) is 4.79 Å². The molecule has 3 aliphatic rings. The highest BCUT2D eigenvalue weighted by atomic mass is 32.2. The molecule has 7 nitrogen and oxygen atoms in total. The number of amidine groups is 1. The van der Waals surface area contributed by atoms with E-state index in [1.165, 1.54) is 50.3 Å². The van der Waals surface area contributed by atoms with Gasteiger partial charge in [-0.15, -0.1) is 0 Å². The molecule has 35 heavy (non-hydrogen) atoms. The minimum atomic E-state index is -0.429. The molecule has 2 aliphatic carbocycles. The largest absolute Gasteiger partial charge is 0.493 e. The van der Waals surface area contributed by atoms with E-state index in [1.807, 2.05) is 23.1 Å². The van der Waals surface area contributed by atoms with Crippen LogP contribution in [0.4, 0.5) is 0 Å². The summed E-state index contributed by atoms with van der Waals surface area (Å²) in [6.45, 7) is 1.88. The first kappa shape index (κ1) is 25.6. The molecule has 1 aliphatic heterocycles. The summed E-state index contributed by atoms with van der Waals surface area (Å²) in [6.07, 6.45) is 13.5. The van der Waals surface area contributed by atoms with E-state index in [9.17, 15) is 9.59 Å². The number of hydrogen-bond acceptors (Lipinski definition) is 7.